The number of benzene rings is 13. The van der Waals surface area contributed by atoms with Crippen LogP contribution in [-0.4, -0.2) is 7.28 Å². The van der Waals surface area contributed by atoms with Crippen molar-refractivity contribution >= 4 is 74.5 Å². The van der Waals surface area contributed by atoms with Crippen LogP contribution < -0.4 is 26.0 Å². The van der Waals surface area contributed by atoms with Crippen LogP contribution in [0.5, 0.6) is 0 Å². The summed E-state index contributed by atoms with van der Waals surface area (Å²) >= 11 is 0. The van der Waals surface area contributed by atoms with E-state index in [1.165, 1.54) is 38.8 Å². The lowest BCUT2D eigenvalue weighted by Crippen LogP contribution is -2.41. The summed E-state index contributed by atoms with van der Waals surface area (Å²) in [6, 6.07) is 114. The van der Waals surface area contributed by atoms with Crippen molar-refractivity contribution in [2.75, 3.05) is 15.1 Å². The molecule has 0 saturated carbocycles. The zero-order valence-corrected chi connectivity index (χ0v) is 44.0. The normalized spacial score (nSPS) is 11.6. The molecule has 0 amide bonds. The monoisotopic (exact) mass is 1020 g/mol. The van der Waals surface area contributed by atoms with Gasteiger partial charge in [0.15, 0.2) is 7.28 Å². The average molecular weight is 1020 g/mol. The fraction of sp³-hybridized carbons (Fsp3) is 0. The predicted octanol–water partition coefficient (Wildman–Crippen LogP) is 19.5. The molecule has 0 aromatic heterocycles. The second-order valence-corrected chi connectivity index (χ2v) is 20.4. The zero-order chi connectivity index (χ0) is 53.2. The first-order valence-electron chi connectivity index (χ1n) is 27.4. The van der Waals surface area contributed by atoms with E-state index in [1.54, 1.807) is 0 Å². The summed E-state index contributed by atoms with van der Waals surface area (Å²) in [4.78, 5) is 4.90. The molecule has 13 aromatic carbocycles. The topological polar surface area (TPSA) is 18.5 Å². The minimum atomic E-state index is 1.02. The van der Waals surface area contributed by atoms with Gasteiger partial charge >= 0.3 is 0 Å². The van der Waals surface area contributed by atoms with Crippen LogP contribution in [0.2, 0.25) is 0 Å². The Morgan fingerprint density at radius 1 is 0.312 bits per heavy atom. The van der Waals surface area contributed by atoms with Crippen molar-refractivity contribution in [3.8, 4) is 66.8 Å². The van der Waals surface area contributed by atoms with Gasteiger partial charge in [-0.05, 0) is 156 Å². The molecule has 0 fully saturated rings. The fourth-order valence-corrected chi connectivity index (χ4v) is 11.5. The average Bonchev–Trinajstić information content (AvgIpc) is 3.68. The van der Waals surface area contributed by atoms with Gasteiger partial charge in [-0.15, -0.1) is 0 Å². The Bertz CT molecular complexity index is 4240. The maximum atomic E-state index is 3.96. The van der Waals surface area contributed by atoms with Crippen molar-refractivity contribution in [1.82, 2.24) is 0 Å². The third kappa shape index (κ3) is 9.40. The maximum Gasteiger partial charge on any atom is 0.197 e. The highest BCUT2D eigenvalue weighted by Gasteiger charge is 2.31. The molecule has 80 heavy (non-hydrogen) atoms. The van der Waals surface area contributed by atoms with Crippen LogP contribution in [0.15, 0.2) is 315 Å². The molecule has 375 valence electrons. The minimum Gasteiger partial charge on any atom is -0.355 e. The molecule has 0 unspecified atom stereocenters. The maximum absolute atomic E-state index is 3.96. The van der Waals surface area contributed by atoms with Crippen molar-refractivity contribution in [3.63, 3.8) is 0 Å². The SMILES string of the molecule is [B]1c2ccc(N(c3ccc(-c4ccccc4)cc3)c3ccc(-c4ccccc4)cc3)cc2N(c2cccc(-c3ccccc3)c2)c2cc3ccccc3c(-c3cc(-c4ccccc4)ccc3Nc3cccc(-c4ccccc4)c3)c21. The summed E-state index contributed by atoms with van der Waals surface area (Å²) in [7, 11) is 2.43. The molecule has 1 aliphatic rings. The van der Waals surface area contributed by atoms with E-state index in [-0.39, 0.29) is 0 Å². The Hall–Kier alpha value is -10.4. The molecule has 0 atom stereocenters. The third-order valence-electron chi connectivity index (χ3n) is 15.4. The van der Waals surface area contributed by atoms with Gasteiger partial charge in [0.2, 0.25) is 0 Å². The Morgan fingerprint density at radius 3 is 1.34 bits per heavy atom. The van der Waals surface area contributed by atoms with Crippen LogP contribution in [0.3, 0.4) is 0 Å². The summed E-state index contributed by atoms with van der Waals surface area (Å²) in [5.74, 6) is 0. The van der Waals surface area contributed by atoms with E-state index in [4.69, 9.17) is 0 Å². The molecule has 1 heterocycles. The van der Waals surface area contributed by atoms with Crippen LogP contribution in [-0.2, 0) is 0 Å². The number of hydrogen-bond donors (Lipinski definition) is 1. The van der Waals surface area contributed by atoms with E-state index in [0.717, 1.165) is 95.2 Å². The summed E-state index contributed by atoms with van der Waals surface area (Å²) in [5.41, 5.74) is 24.7. The highest BCUT2D eigenvalue weighted by atomic mass is 15.2. The largest absolute Gasteiger partial charge is 0.355 e. The molecule has 0 aliphatic carbocycles. The number of nitrogens with one attached hydrogen (secondary N) is 1. The van der Waals surface area contributed by atoms with Gasteiger partial charge in [-0.3, -0.25) is 0 Å². The van der Waals surface area contributed by atoms with E-state index in [0.29, 0.717) is 0 Å². The van der Waals surface area contributed by atoms with E-state index < -0.39 is 0 Å². The lowest BCUT2D eigenvalue weighted by Gasteiger charge is -2.37. The molecule has 0 bridgehead atoms. The van der Waals surface area contributed by atoms with Crippen molar-refractivity contribution in [2.24, 2.45) is 0 Å². The van der Waals surface area contributed by atoms with Gasteiger partial charge < -0.3 is 15.1 Å². The highest BCUT2D eigenvalue weighted by molar-refractivity contribution is 6.73. The molecule has 1 N–H and O–H groups in total. The Morgan fingerprint density at radius 2 is 0.762 bits per heavy atom. The van der Waals surface area contributed by atoms with E-state index in [2.05, 4.69) is 338 Å². The summed E-state index contributed by atoms with van der Waals surface area (Å²) in [6.07, 6.45) is 0. The van der Waals surface area contributed by atoms with Crippen molar-refractivity contribution < 1.29 is 0 Å². The number of hydrogen-bond acceptors (Lipinski definition) is 3. The van der Waals surface area contributed by atoms with Gasteiger partial charge in [0.25, 0.3) is 0 Å². The first-order chi connectivity index (χ1) is 39.6. The Kier molecular flexibility index (Phi) is 12.7. The Labute approximate surface area is 469 Å². The second-order valence-electron chi connectivity index (χ2n) is 20.4. The zero-order valence-electron chi connectivity index (χ0n) is 44.0. The van der Waals surface area contributed by atoms with E-state index in [1.807, 2.05) is 0 Å². The van der Waals surface area contributed by atoms with Gasteiger partial charge in [-0.2, -0.15) is 0 Å². The second kappa shape index (κ2) is 21.2. The summed E-state index contributed by atoms with van der Waals surface area (Å²) in [5, 5.41) is 6.29. The lowest BCUT2D eigenvalue weighted by atomic mass is 9.57. The molecule has 13 aromatic rings. The molecule has 0 saturated heterocycles. The standard InChI is InChI=1S/C76H53BN3/c1-6-20-53(21-7-1)58-36-41-65(42-37-58)79(66-43-38-59(39-44-66)54-22-8-2-9-23-54)68-45-46-71-73(52-68)80(67-34-19-32-61(49-67)56-26-12-4-13-27-56)74-51-63-30-16-17-35-69(63)75(76(74)77-71)70-50-62(57-28-14-5-15-29-57)40-47-72(70)78-64-33-18-31-60(48-64)55-24-10-3-11-25-55/h1-52,78H. The lowest BCUT2D eigenvalue weighted by molar-refractivity contribution is 1.26. The summed E-state index contributed by atoms with van der Waals surface area (Å²) < 4.78 is 0. The van der Waals surface area contributed by atoms with Crippen molar-refractivity contribution in [3.05, 3.63) is 315 Å². The number of rotatable bonds is 12. The van der Waals surface area contributed by atoms with Gasteiger partial charge in [-0.1, -0.05) is 242 Å². The Balaban J connectivity index is 0.973. The first-order valence-corrected chi connectivity index (χ1v) is 27.4. The van der Waals surface area contributed by atoms with Crippen molar-refractivity contribution in [1.29, 1.82) is 0 Å². The number of anilines is 8. The molecule has 3 nitrogen and oxygen atoms in total. The predicted molar refractivity (Wildman–Crippen MR) is 341 cm³/mol. The fourth-order valence-electron chi connectivity index (χ4n) is 11.5. The number of nitrogens with zero attached hydrogens (tertiary/aromatic N) is 2. The van der Waals surface area contributed by atoms with Gasteiger partial charge in [0.1, 0.15) is 0 Å². The van der Waals surface area contributed by atoms with E-state index in [9.17, 15) is 0 Å². The molecular formula is C76H53BN3. The molecule has 1 radical (unpaired) electrons. The third-order valence-corrected chi connectivity index (χ3v) is 15.4. The van der Waals surface area contributed by atoms with E-state index >= 15 is 0 Å². The van der Waals surface area contributed by atoms with Crippen LogP contribution in [0.25, 0.3) is 77.5 Å². The van der Waals surface area contributed by atoms with Crippen molar-refractivity contribution in [2.45, 2.75) is 0 Å². The smallest absolute Gasteiger partial charge is 0.197 e. The van der Waals surface area contributed by atoms with Crippen LogP contribution >= 0.6 is 0 Å². The first kappa shape index (κ1) is 48.0. The quantitative estimate of drug-likeness (QED) is 0.123. The van der Waals surface area contributed by atoms with Gasteiger partial charge in [0, 0.05) is 51.1 Å². The molecular weight excluding hydrogens is 966 g/mol. The molecule has 1 aliphatic heterocycles. The molecule has 4 heteroatoms. The summed E-state index contributed by atoms with van der Waals surface area (Å²) in [6.45, 7) is 0. The van der Waals surface area contributed by atoms with Gasteiger partial charge in [0.05, 0.1) is 0 Å². The number of fused-ring (bicyclic) bond motifs is 3. The highest BCUT2D eigenvalue weighted by Crippen LogP contribution is 2.46. The van der Waals surface area contributed by atoms with Crippen LogP contribution in [0.4, 0.5) is 45.5 Å². The minimum absolute atomic E-state index is 1.02. The van der Waals surface area contributed by atoms with Gasteiger partial charge in [-0.25, -0.2) is 0 Å². The molecule has 14 rings (SSSR count). The molecule has 0 spiro atoms. The van der Waals surface area contributed by atoms with Crippen LogP contribution in [0.1, 0.15) is 0 Å². The van der Waals surface area contributed by atoms with Crippen LogP contribution in [0, 0.1) is 0 Å².